The fourth-order valence-corrected chi connectivity index (χ4v) is 1.63. The first-order chi connectivity index (χ1) is 10.9. The fourth-order valence-electron chi connectivity index (χ4n) is 1.63. The van der Waals surface area contributed by atoms with Gasteiger partial charge in [0, 0.05) is 0 Å². The molecule has 8 nitrogen and oxygen atoms in total. The van der Waals surface area contributed by atoms with Gasteiger partial charge in [0.25, 0.3) is 0 Å². The Morgan fingerprint density at radius 2 is 1.87 bits per heavy atom. The number of carbonyl (C=O) groups is 2. The first-order valence-corrected chi connectivity index (χ1v) is 6.57. The van der Waals surface area contributed by atoms with Crippen molar-refractivity contribution in [3.63, 3.8) is 0 Å². The zero-order valence-corrected chi connectivity index (χ0v) is 13.3. The number of carbonyl (C=O) groups excluding carboxylic acids is 2. The van der Waals surface area contributed by atoms with Crippen LogP contribution in [0.2, 0.25) is 0 Å². The van der Waals surface area contributed by atoms with Gasteiger partial charge in [0.1, 0.15) is 23.6 Å². The first-order valence-electron chi connectivity index (χ1n) is 6.57. The summed E-state index contributed by atoms with van der Waals surface area (Å²) in [7, 11) is 3.75. The molecule has 0 bridgehead atoms. The van der Waals surface area contributed by atoms with E-state index < -0.39 is 29.8 Å². The van der Waals surface area contributed by atoms with Crippen molar-refractivity contribution >= 4 is 17.6 Å². The molecule has 0 saturated heterocycles. The first kappa shape index (κ1) is 18.1. The van der Waals surface area contributed by atoms with Crippen LogP contribution in [0.4, 0.5) is 5.69 Å². The smallest absolute Gasteiger partial charge is 0.362 e. The molecule has 0 fully saturated rings. The molecule has 0 unspecified atom stereocenters. The number of nitrogens with zero attached hydrogens (tertiary/aromatic N) is 2. The maximum Gasteiger partial charge on any atom is 0.362 e. The number of aliphatic hydroxyl groups excluding tert-OH is 1. The van der Waals surface area contributed by atoms with Crippen molar-refractivity contribution in [2.45, 2.75) is 13.3 Å². The Bertz CT molecular complexity index is 651. The van der Waals surface area contributed by atoms with Crippen molar-refractivity contribution in [1.29, 1.82) is 0 Å². The molecule has 1 aromatic carbocycles. The van der Waals surface area contributed by atoms with Crippen molar-refractivity contribution < 1.29 is 28.9 Å². The quantitative estimate of drug-likeness (QED) is 0.373. The van der Waals surface area contributed by atoms with Crippen molar-refractivity contribution in [3.05, 3.63) is 35.2 Å². The number of hydrogen-bond acceptors (Lipinski definition) is 8. The molecule has 0 saturated carbocycles. The van der Waals surface area contributed by atoms with E-state index in [9.17, 15) is 14.7 Å². The Labute approximate surface area is 133 Å². The van der Waals surface area contributed by atoms with Gasteiger partial charge in [0.15, 0.2) is 0 Å². The van der Waals surface area contributed by atoms with Gasteiger partial charge in [-0.2, -0.15) is 0 Å². The van der Waals surface area contributed by atoms with Crippen LogP contribution < -0.4 is 4.74 Å². The molecule has 0 radical (unpaired) electrons. The number of aliphatic hydroxyl groups is 1. The van der Waals surface area contributed by atoms with Crippen molar-refractivity contribution in [2.75, 3.05) is 21.3 Å². The van der Waals surface area contributed by atoms with E-state index in [1.165, 1.54) is 7.11 Å². The Morgan fingerprint density at radius 1 is 1.17 bits per heavy atom. The fraction of sp³-hybridized carbons (Fsp3) is 0.333. The lowest BCUT2D eigenvalue weighted by molar-refractivity contribution is -0.140. The molecule has 0 atom stereocenters. The molecule has 0 aromatic heterocycles. The van der Waals surface area contributed by atoms with Crippen LogP contribution in [-0.2, 0) is 19.1 Å². The number of esters is 2. The monoisotopic (exact) mass is 322 g/mol. The molecule has 1 N–H and O–H groups in total. The maximum absolute atomic E-state index is 11.7. The van der Waals surface area contributed by atoms with E-state index in [0.29, 0.717) is 11.4 Å². The van der Waals surface area contributed by atoms with Crippen LogP contribution in [0.25, 0.3) is 0 Å². The van der Waals surface area contributed by atoms with E-state index in [2.05, 4.69) is 19.7 Å². The molecule has 124 valence electrons. The molecule has 23 heavy (non-hydrogen) atoms. The second kappa shape index (κ2) is 8.52. The molecule has 0 aliphatic carbocycles. The van der Waals surface area contributed by atoms with Gasteiger partial charge in [0.2, 0.25) is 5.70 Å². The van der Waals surface area contributed by atoms with Crippen LogP contribution in [0.5, 0.6) is 5.75 Å². The highest BCUT2D eigenvalue weighted by Gasteiger charge is 2.19. The lowest BCUT2D eigenvalue weighted by Gasteiger charge is -2.07. The third-order valence-electron chi connectivity index (χ3n) is 2.86. The number of rotatable bonds is 6. The van der Waals surface area contributed by atoms with Gasteiger partial charge >= 0.3 is 11.9 Å². The highest BCUT2D eigenvalue weighted by molar-refractivity contribution is 5.89. The zero-order chi connectivity index (χ0) is 17.4. The van der Waals surface area contributed by atoms with Gasteiger partial charge in [-0.25, -0.2) is 4.79 Å². The van der Waals surface area contributed by atoms with E-state index in [-0.39, 0.29) is 0 Å². The summed E-state index contributed by atoms with van der Waals surface area (Å²) >= 11 is 0. The molecule has 0 amide bonds. The van der Waals surface area contributed by atoms with Gasteiger partial charge in [-0.05, 0) is 18.6 Å². The van der Waals surface area contributed by atoms with Gasteiger partial charge in [-0.1, -0.05) is 12.1 Å². The van der Waals surface area contributed by atoms with Gasteiger partial charge < -0.3 is 19.3 Å². The Kier molecular flexibility index (Phi) is 6.72. The summed E-state index contributed by atoms with van der Waals surface area (Å²) in [4.78, 5) is 22.9. The van der Waals surface area contributed by atoms with E-state index >= 15 is 0 Å². The Balaban J connectivity index is 3.24. The summed E-state index contributed by atoms with van der Waals surface area (Å²) < 4.78 is 14.1. The SMILES string of the molecule is COC(=O)C/C(O)=C(\N=Nc1c(C)cccc1OC)C(=O)OC. The third-order valence-corrected chi connectivity index (χ3v) is 2.86. The molecule has 0 spiro atoms. The summed E-state index contributed by atoms with van der Waals surface area (Å²) in [5.41, 5.74) is 0.662. The largest absolute Gasteiger partial charge is 0.509 e. The average molecular weight is 322 g/mol. The second-order valence-corrected chi connectivity index (χ2v) is 4.37. The minimum atomic E-state index is -0.928. The maximum atomic E-state index is 11.7. The highest BCUT2D eigenvalue weighted by Crippen LogP contribution is 2.31. The van der Waals surface area contributed by atoms with Gasteiger partial charge in [-0.15, -0.1) is 10.2 Å². The number of hydrogen-bond donors (Lipinski definition) is 1. The summed E-state index contributed by atoms with van der Waals surface area (Å²) in [5.74, 6) is -1.80. The summed E-state index contributed by atoms with van der Waals surface area (Å²) in [6, 6.07) is 5.24. The number of azo groups is 1. The standard InChI is InChI=1S/C15H18N2O6/c1-9-6-5-7-11(21-2)13(9)16-17-14(15(20)23-4)10(18)8-12(19)22-3/h5-7,18H,8H2,1-4H3/b14-10+,17-16?. The predicted molar refractivity (Wildman–Crippen MR) is 80.6 cm³/mol. The minimum Gasteiger partial charge on any atom is -0.509 e. The number of ether oxygens (including phenoxy) is 3. The summed E-state index contributed by atoms with van der Waals surface area (Å²) in [6.07, 6.45) is -0.523. The second-order valence-electron chi connectivity index (χ2n) is 4.37. The Hall–Kier alpha value is -2.90. The lowest BCUT2D eigenvalue weighted by Crippen LogP contribution is -2.09. The highest BCUT2D eigenvalue weighted by atomic mass is 16.5. The van der Waals surface area contributed by atoms with Gasteiger partial charge in [-0.3, -0.25) is 4.79 Å². The molecular formula is C15H18N2O6. The van der Waals surface area contributed by atoms with Crippen LogP contribution in [0, 0.1) is 6.92 Å². The molecule has 0 heterocycles. The average Bonchev–Trinajstić information content (AvgIpc) is 2.55. The van der Waals surface area contributed by atoms with Gasteiger partial charge in [0.05, 0.1) is 21.3 Å². The number of aryl methyl sites for hydroxylation is 1. The van der Waals surface area contributed by atoms with Crippen molar-refractivity contribution in [2.24, 2.45) is 10.2 Å². The lowest BCUT2D eigenvalue weighted by atomic mass is 10.2. The molecule has 1 aromatic rings. The van der Waals surface area contributed by atoms with Crippen LogP contribution >= 0.6 is 0 Å². The van der Waals surface area contributed by atoms with E-state index in [4.69, 9.17) is 4.74 Å². The summed E-state index contributed by atoms with van der Waals surface area (Å²) in [5, 5.41) is 17.5. The van der Waals surface area contributed by atoms with Crippen LogP contribution in [0.15, 0.2) is 39.9 Å². The molecule has 0 aliphatic heterocycles. The summed E-state index contributed by atoms with van der Waals surface area (Å²) in [6.45, 7) is 1.78. The third kappa shape index (κ3) is 4.80. The predicted octanol–water partition coefficient (Wildman–Crippen LogP) is 2.59. The van der Waals surface area contributed by atoms with Crippen molar-refractivity contribution in [1.82, 2.24) is 0 Å². The molecular weight excluding hydrogens is 304 g/mol. The number of methoxy groups -OCH3 is 3. The number of benzene rings is 1. The van der Waals surface area contributed by atoms with Crippen molar-refractivity contribution in [3.8, 4) is 5.75 Å². The van der Waals surface area contributed by atoms with Crippen LogP contribution in [-0.4, -0.2) is 38.4 Å². The van der Waals surface area contributed by atoms with E-state index in [1.807, 2.05) is 0 Å². The molecule has 8 heteroatoms. The van der Waals surface area contributed by atoms with Crippen LogP contribution in [0.1, 0.15) is 12.0 Å². The van der Waals surface area contributed by atoms with Crippen LogP contribution in [0.3, 0.4) is 0 Å². The van der Waals surface area contributed by atoms with E-state index in [0.717, 1.165) is 19.8 Å². The zero-order valence-electron chi connectivity index (χ0n) is 13.3. The van der Waals surface area contributed by atoms with E-state index in [1.54, 1.807) is 25.1 Å². The Morgan fingerprint density at radius 3 is 2.43 bits per heavy atom. The normalized spacial score (nSPS) is 11.8. The molecule has 1 rings (SSSR count). The topological polar surface area (TPSA) is 107 Å². The molecule has 0 aliphatic rings. The minimum absolute atomic E-state index is 0.391.